The highest BCUT2D eigenvalue weighted by Crippen LogP contribution is 2.40. The van der Waals surface area contributed by atoms with E-state index in [1.165, 1.54) is 28.6 Å². The van der Waals surface area contributed by atoms with Crippen LogP contribution in [0.1, 0.15) is 33.0 Å². The SMILES string of the molecule is Cc1nc(SCC(=O)NC(=O)c2ccccc2)c2c3c(sc2n1)CCC3. The monoisotopic (exact) mass is 383 g/mol. The van der Waals surface area contributed by atoms with Crippen molar-refractivity contribution in [3.05, 3.63) is 52.2 Å². The fourth-order valence-electron chi connectivity index (χ4n) is 3.13. The summed E-state index contributed by atoms with van der Waals surface area (Å²) in [6.07, 6.45) is 3.32. The fraction of sp³-hybridized carbons (Fsp3) is 0.263. The second-order valence-corrected chi connectivity index (χ2v) is 8.19. The van der Waals surface area contributed by atoms with E-state index >= 15 is 0 Å². The van der Waals surface area contributed by atoms with Crippen LogP contribution in [-0.2, 0) is 17.6 Å². The number of carbonyl (C=O) groups is 2. The standard InChI is InChI=1S/C19H17N3O2S2/c1-11-20-18(16-13-8-5-9-14(13)26-19(16)21-11)25-10-15(23)22-17(24)12-6-3-2-4-7-12/h2-4,6-7H,5,8-10H2,1H3,(H,22,23,24). The van der Waals surface area contributed by atoms with Crippen LogP contribution in [0.5, 0.6) is 0 Å². The molecule has 0 atom stereocenters. The summed E-state index contributed by atoms with van der Waals surface area (Å²) in [4.78, 5) is 35.8. The van der Waals surface area contributed by atoms with Gasteiger partial charge in [-0.2, -0.15) is 0 Å². The van der Waals surface area contributed by atoms with Crippen molar-refractivity contribution < 1.29 is 9.59 Å². The Bertz CT molecular complexity index is 999. The van der Waals surface area contributed by atoms with Gasteiger partial charge in [0.1, 0.15) is 15.7 Å². The van der Waals surface area contributed by atoms with E-state index in [9.17, 15) is 9.59 Å². The first kappa shape index (κ1) is 17.2. The number of aryl methyl sites for hydroxylation is 3. The van der Waals surface area contributed by atoms with E-state index in [1.807, 2.05) is 13.0 Å². The van der Waals surface area contributed by atoms with Gasteiger partial charge < -0.3 is 0 Å². The Kier molecular flexibility index (Phi) is 4.74. The molecule has 5 nitrogen and oxygen atoms in total. The quantitative estimate of drug-likeness (QED) is 0.551. The van der Waals surface area contributed by atoms with Gasteiger partial charge in [-0.15, -0.1) is 11.3 Å². The molecule has 7 heteroatoms. The van der Waals surface area contributed by atoms with Crippen molar-refractivity contribution >= 4 is 45.1 Å². The molecule has 0 unspecified atom stereocenters. The summed E-state index contributed by atoms with van der Waals surface area (Å²) in [5, 5.41) is 4.38. The minimum atomic E-state index is -0.378. The zero-order valence-corrected chi connectivity index (χ0v) is 15.9. The normalized spacial score (nSPS) is 13.0. The molecule has 1 aliphatic rings. The van der Waals surface area contributed by atoms with Crippen LogP contribution in [0.25, 0.3) is 10.2 Å². The molecule has 26 heavy (non-hydrogen) atoms. The number of imide groups is 1. The van der Waals surface area contributed by atoms with Gasteiger partial charge in [0.25, 0.3) is 5.91 Å². The van der Waals surface area contributed by atoms with Gasteiger partial charge >= 0.3 is 0 Å². The molecule has 0 spiro atoms. The van der Waals surface area contributed by atoms with Gasteiger partial charge in [0.15, 0.2) is 0 Å². The lowest BCUT2D eigenvalue weighted by molar-refractivity contribution is -0.117. The van der Waals surface area contributed by atoms with E-state index in [0.717, 1.165) is 28.1 Å². The van der Waals surface area contributed by atoms with Gasteiger partial charge in [-0.05, 0) is 43.9 Å². The maximum atomic E-state index is 12.2. The number of hydrogen-bond donors (Lipinski definition) is 1. The fourth-order valence-corrected chi connectivity index (χ4v) is 5.40. The van der Waals surface area contributed by atoms with Crippen molar-refractivity contribution in [2.24, 2.45) is 0 Å². The Morgan fingerprint density at radius 3 is 2.81 bits per heavy atom. The average Bonchev–Trinajstić information content (AvgIpc) is 3.21. The van der Waals surface area contributed by atoms with Crippen molar-refractivity contribution in [3.63, 3.8) is 0 Å². The van der Waals surface area contributed by atoms with E-state index in [4.69, 9.17) is 0 Å². The number of rotatable bonds is 4. The van der Waals surface area contributed by atoms with Gasteiger partial charge in [0, 0.05) is 15.8 Å². The molecule has 0 bridgehead atoms. The minimum absolute atomic E-state index is 0.148. The van der Waals surface area contributed by atoms with Gasteiger partial charge in [0.2, 0.25) is 5.91 Å². The number of carbonyl (C=O) groups excluding carboxylic acids is 2. The smallest absolute Gasteiger partial charge is 0.257 e. The largest absolute Gasteiger partial charge is 0.292 e. The number of nitrogens with zero attached hydrogens (tertiary/aromatic N) is 2. The molecule has 0 radical (unpaired) electrons. The molecule has 3 aromatic rings. The number of hydrogen-bond acceptors (Lipinski definition) is 6. The Morgan fingerprint density at radius 1 is 1.19 bits per heavy atom. The summed E-state index contributed by atoms with van der Waals surface area (Å²) >= 11 is 3.11. The third kappa shape index (κ3) is 3.37. The van der Waals surface area contributed by atoms with Gasteiger partial charge in [-0.25, -0.2) is 9.97 Å². The van der Waals surface area contributed by atoms with E-state index in [0.29, 0.717) is 11.4 Å². The minimum Gasteiger partial charge on any atom is -0.292 e. The van der Waals surface area contributed by atoms with Crippen molar-refractivity contribution in [1.82, 2.24) is 15.3 Å². The lowest BCUT2D eigenvalue weighted by atomic mass is 10.2. The van der Waals surface area contributed by atoms with E-state index in [1.54, 1.807) is 35.6 Å². The van der Waals surface area contributed by atoms with Crippen LogP contribution in [0.15, 0.2) is 35.4 Å². The van der Waals surface area contributed by atoms with Crippen LogP contribution >= 0.6 is 23.1 Å². The molecule has 132 valence electrons. The Morgan fingerprint density at radius 2 is 2.00 bits per heavy atom. The van der Waals surface area contributed by atoms with Crippen LogP contribution in [0, 0.1) is 6.92 Å². The lowest BCUT2D eigenvalue weighted by Crippen LogP contribution is -2.31. The van der Waals surface area contributed by atoms with Crippen molar-refractivity contribution in [3.8, 4) is 0 Å². The van der Waals surface area contributed by atoms with Crippen LogP contribution in [0.3, 0.4) is 0 Å². The van der Waals surface area contributed by atoms with Crippen molar-refractivity contribution in [1.29, 1.82) is 0 Å². The number of aromatic nitrogens is 2. The predicted molar refractivity (Wildman–Crippen MR) is 104 cm³/mol. The molecular weight excluding hydrogens is 366 g/mol. The third-order valence-electron chi connectivity index (χ3n) is 4.27. The Balaban J connectivity index is 1.49. The molecule has 0 saturated heterocycles. The first-order valence-electron chi connectivity index (χ1n) is 8.43. The van der Waals surface area contributed by atoms with E-state index in [-0.39, 0.29) is 17.6 Å². The van der Waals surface area contributed by atoms with Crippen molar-refractivity contribution in [2.45, 2.75) is 31.2 Å². The third-order valence-corrected chi connectivity index (χ3v) is 6.43. The van der Waals surface area contributed by atoms with Gasteiger partial charge in [0.05, 0.1) is 5.75 Å². The number of thiophene rings is 1. The Hall–Kier alpha value is -2.25. The Labute approximate surface area is 159 Å². The number of nitrogens with one attached hydrogen (secondary N) is 1. The first-order valence-corrected chi connectivity index (χ1v) is 10.2. The highest BCUT2D eigenvalue weighted by molar-refractivity contribution is 8.00. The van der Waals surface area contributed by atoms with E-state index < -0.39 is 0 Å². The second kappa shape index (κ2) is 7.17. The highest BCUT2D eigenvalue weighted by Gasteiger charge is 2.22. The maximum Gasteiger partial charge on any atom is 0.257 e. The number of fused-ring (bicyclic) bond motifs is 3. The summed E-state index contributed by atoms with van der Waals surface area (Å²) in [7, 11) is 0. The summed E-state index contributed by atoms with van der Waals surface area (Å²) in [6, 6.07) is 8.73. The number of thioether (sulfide) groups is 1. The zero-order chi connectivity index (χ0) is 18.1. The van der Waals surface area contributed by atoms with Crippen LogP contribution in [0.2, 0.25) is 0 Å². The summed E-state index contributed by atoms with van der Waals surface area (Å²) in [5.41, 5.74) is 1.81. The highest BCUT2D eigenvalue weighted by atomic mass is 32.2. The van der Waals surface area contributed by atoms with Crippen LogP contribution < -0.4 is 5.32 Å². The van der Waals surface area contributed by atoms with Gasteiger partial charge in [-0.3, -0.25) is 14.9 Å². The molecule has 1 N–H and O–H groups in total. The molecule has 0 fully saturated rings. The molecule has 1 aliphatic carbocycles. The second-order valence-electron chi connectivity index (χ2n) is 6.15. The molecular formula is C19H17N3O2S2. The topological polar surface area (TPSA) is 72.0 Å². The van der Waals surface area contributed by atoms with Crippen LogP contribution in [-0.4, -0.2) is 27.5 Å². The molecule has 0 saturated carbocycles. The van der Waals surface area contributed by atoms with Gasteiger partial charge in [-0.1, -0.05) is 30.0 Å². The summed E-state index contributed by atoms with van der Waals surface area (Å²) in [5.74, 6) is 0.159. The number of amides is 2. The molecule has 0 aliphatic heterocycles. The van der Waals surface area contributed by atoms with Crippen LogP contribution in [0.4, 0.5) is 0 Å². The lowest BCUT2D eigenvalue weighted by Gasteiger charge is -2.06. The van der Waals surface area contributed by atoms with E-state index in [2.05, 4.69) is 15.3 Å². The summed E-state index contributed by atoms with van der Waals surface area (Å²) in [6.45, 7) is 1.87. The molecule has 2 heterocycles. The molecule has 4 rings (SSSR count). The molecule has 1 aromatic carbocycles. The average molecular weight is 383 g/mol. The molecule has 2 amide bonds. The molecule has 2 aromatic heterocycles. The maximum absolute atomic E-state index is 12.2. The number of benzene rings is 1. The predicted octanol–water partition coefficient (Wildman–Crippen LogP) is 3.54. The zero-order valence-electron chi connectivity index (χ0n) is 14.2. The summed E-state index contributed by atoms with van der Waals surface area (Å²) < 4.78 is 0. The van der Waals surface area contributed by atoms with Crippen molar-refractivity contribution in [2.75, 3.05) is 5.75 Å². The first-order chi connectivity index (χ1) is 12.6.